The molecule has 2 aromatic rings. The van der Waals surface area contributed by atoms with E-state index in [2.05, 4.69) is 10.3 Å². The molecule has 0 fully saturated rings. The van der Waals surface area contributed by atoms with Crippen LogP contribution in [0.2, 0.25) is 0 Å². The highest BCUT2D eigenvalue weighted by Gasteiger charge is 2.10. The number of hydrogen-bond donors (Lipinski definition) is 2. The second-order valence-corrected chi connectivity index (χ2v) is 4.82. The third-order valence-corrected chi connectivity index (χ3v) is 3.18. The number of nitrogen functional groups attached to an aromatic ring is 1. The van der Waals surface area contributed by atoms with Crippen LogP contribution in [0.25, 0.3) is 0 Å². The Labute approximate surface area is 136 Å². The Morgan fingerprint density at radius 3 is 2.50 bits per heavy atom. The first-order valence-electron chi connectivity index (χ1n) is 6.72. The summed E-state index contributed by atoms with van der Waals surface area (Å²) in [5.41, 5.74) is 7.87. The van der Waals surface area contributed by atoms with Crippen LogP contribution in [0, 0.1) is 0 Å². The molecule has 0 spiro atoms. The average Bonchev–Trinajstić information content (AvgIpc) is 2.49. The molecule has 1 atom stereocenters. The largest absolute Gasteiger partial charge is 0.497 e. The number of methoxy groups -OCH3 is 1. The van der Waals surface area contributed by atoms with Gasteiger partial charge in [-0.3, -0.25) is 9.78 Å². The van der Waals surface area contributed by atoms with Gasteiger partial charge in [-0.05, 0) is 36.8 Å². The maximum Gasteiger partial charge on any atom is 0.226 e. The molecular weight excluding hydrogens is 302 g/mol. The fourth-order valence-electron chi connectivity index (χ4n) is 1.97. The highest BCUT2D eigenvalue weighted by Crippen LogP contribution is 2.17. The molecule has 0 aliphatic heterocycles. The van der Waals surface area contributed by atoms with Crippen molar-refractivity contribution in [2.75, 3.05) is 12.8 Å². The van der Waals surface area contributed by atoms with Gasteiger partial charge in [-0.1, -0.05) is 12.1 Å². The molecule has 0 radical (unpaired) electrons. The standard InChI is InChI=1S/C16H19N3O2.ClH/c1-11(12-3-7-15(21-2)8-4-12)19-16(20)9-14-6-5-13(17)10-18-14;/h3-8,10-11H,9,17H2,1-2H3,(H,19,20);1H. The predicted molar refractivity (Wildman–Crippen MR) is 89.2 cm³/mol. The molecule has 0 saturated carbocycles. The van der Waals surface area contributed by atoms with Gasteiger partial charge in [-0.2, -0.15) is 0 Å². The number of halogens is 1. The van der Waals surface area contributed by atoms with E-state index in [4.69, 9.17) is 10.5 Å². The van der Waals surface area contributed by atoms with Crippen LogP contribution in [-0.4, -0.2) is 18.0 Å². The summed E-state index contributed by atoms with van der Waals surface area (Å²) in [6.07, 6.45) is 1.79. The van der Waals surface area contributed by atoms with Crippen molar-refractivity contribution >= 4 is 24.0 Å². The summed E-state index contributed by atoms with van der Waals surface area (Å²) in [5, 5.41) is 2.95. The van der Waals surface area contributed by atoms with Gasteiger partial charge in [-0.15, -0.1) is 12.4 Å². The fourth-order valence-corrected chi connectivity index (χ4v) is 1.97. The lowest BCUT2D eigenvalue weighted by Crippen LogP contribution is -2.28. The zero-order chi connectivity index (χ0) is 15.2. The number of hydrogen-bond acceptors (Lipinski definition) is 4. The number of ether oxygens (including phenoxy) is 1. The van der Waals surface area contributed by atoms with E-state index in [1.165, 1.54) is 0 Å². The number of rotatable bonds is 5. The molecule has 0 bridgehead atoms. The van der Waals surface area contributed by atoms with Crippen LogP contribution < -0.4 is 15.8 Å². The van der Waals surface area contributed by atoms with Crippen molar-refractivity contribution in [1.82, 2.24) is 10.3 Å². The van der Waals surface area contributed by atoms with Crippen LogP contribution in [0.15, 0.2) is 42.6 Å². The molecular formula is C16H20ClN3O2. The highest BCUT2D eigenvalue weighted by atomic mass is 35.5. The molecule has 3 N–H and O–H groups in total. The van der Waals surface area contributed by atoms with Crippen LogP contribution in [0.1, 0.15) is 24.2 Å². The Kier molecular flexibility index (Phi) is 6.66. The number of aromatic nitrogens is 1. The molecule has 0 saturated heterocycles. The van der Waals surface area contributed by atoms with Crippen LogP contribution in [0.4, 0.5) is 5.69 Å². The number of pyridine rings is 1. The van der Waals surface area contributed by atoms with Gasteiger partial charge < -0.3 is 15.8 Å². The van der Waals surface area contributed by atoms with E-state index >= 15 is 0 Å². The number of benzene rings is 1. The lowest BCUT2D eigenvalue weighted by molar-refractivity contribution is -0.121. The predicted octanol–water partition coefficient (Wildman–Crippen LogP) is 2.51. The van der Waals surface area contributed by atoms with Crippen molar-refractivity contribution in [3.05, 3.63) is 53.9 Å². The van der Waals surface area contributed by atoms with Gasteiger partial charge in [0.1, 0.15) is 5.75 Å². The maximum absolute atomic E-state index is 12.0. The Morgan fingerprint density at radius 1 is 1.27 bits per heavy atom. The number of nitrogens with two attached hydrogens (primary N) is 1. The number of nitrogens with one attached hydrogen (secondary N) is 1. The smallest absolute Gasteiger partial charge is 0.226 e. The molecule has 1 heterocycles. The van der Waals surface area contributed by atoms with Gasteiger partial charge in [0.2, 0.25) is 5.91 Å². The lowest BCUT2D eigenvalue weighted by atomic mass is 10.1. The lowest BCUT2D eigenvalue weighted by Gasteiger charge is -2.14. The molecule has 22 heavy (non-hydrogen) atoms. The maximum atomic E-state index is 12.0. The molecule has 0 aliphatic rings. The average molecular weight is 322 g/mol. The number of carbonyl (C=O) groups excluding carboxylic acids is 1. The third kappa shape index (κ3) is 4.93. The van der Waals surface area contributed by atoms with Gasteiger partial charge in [0.15, 0.2) is 0 Å². The normalized spacial score (nSPS) is 11.2. The van der Waals surface area contributed by atoms with Crippen molar-refractivity contribution in [3.63, 3.8) is 0 Å². The van der Waals surface area contributed by atoms with Crippen LogP contribution in [0.3, 0.4) is 0 Å². The van der Waals surface area contributed by atoms with E-state index in [0.717, 1.165) is 11.3 Å². The minimum atomic E-state index is -0.0735. The molecule has 1 amide bonds. The summed E-state index contributed by atoms with van der Waals surface area (Å²) in [7, 11) is 1.62. The summed E-state index contributed by atoms with van der Waals surface area (Å²) >= 11 is 0. The minimum Gasteiger partial charge on any atom is -0.497 e. The quantitative estimate of drug-likeness (QED) is 0.887. The molecule has 118 valence electrons. The molecule has 2 rings (SSSR count). The zero-order valence-corrected chi connectivity index (χ0v) is 13.4. The minimum absolute atomic E-state index is 0. The first-order chi connectivity index (χ1) is 10.1. The van der Waals surface area contributed by atoms with E-state index in [9.17, 15) is 4.79 Å². The Morgan fingerprint density at radius 2 is 1.95 bits per heavy atom. The van der Waals surface area contributed by atoms with Crippen molar-refractivity contribution in [2.24, 2.45) is 0 Å². The fraction of sp³-hybridized carbons (Fsp3) is 0.250. The first kappa shape index (κ1) is 17.8. The summed E-state index contributed by atoms with van der Waals surface area (Å²) in [6.45, 7) is 1.94. The monoisotopic (exact) mass is 321 g/mol. The van der Waals surface area contributed by atoms with Gasteiger partial charge in [-0.25, -0.2) is 0 Å². The van der Waals surface area contributed by atoms with Crippen molar-refractivity contribution in [1.29, 1.82) is 0 Å². The summed E-state index contributed by atoms with van der Waals surface area (Å²) in [6, 6.07) is 11.0. The third-order valence-electron chi connectivity index (χ3n) is 3.18. The SMILES string of the molecule is COc1ccc(C(C)NC(=O)Cc2ccc(N)cn2)cc1.Cl. The van der Waals surface area contributed by atoms with Crippen LogP contribution in [-0.2, 0) is 11.2 Å². The summed E-state index contributed by atoms with van der Waals surface area (Å²) < 4.78 is 5.11. The van der Waals surface area contributed by atoms with Crippen molar-refractivity contribution in [3.8, 4) is 5.75 Å². The number of nitrogens with zero attached hydrogens (tertiary/aromatic N) is 1. The van der Waals surface area contributed by atoms with Crippen LogP contribution in [0.5, 0.6) is 5.75 Å². The van der Waals surface area contributed by atoms with E-state index in [1.807, 2.05) is 31.2 Å². The second-order valence-electron chi connectivity index (χ2n) is 4.82. The van der Waals surface area contributed by atoms with Gasteiger partial charge in [0.05, 0.1) is 31.5 Å². The number of amides is 1. The van der Waals surface area contributed by atoms with Gasteiger partial charge in [0.25, 0.3) is 0 Å². The van der Waals surface area contributed by atoms with Crippen molar-refractivity contribution in [2.45, 2.75) is 19.4 Å². The van der Waals surface area contributed by atoms with Crippen LogP contribution >= 0.6 is 12.4 Å². The Hall–Kier alpha value is -2.27. The van der Waals surface area contributed by atoms with Gasteiger partial charge in [0, 0.05) is 5.69 Å². The molecule has 1 aromatic heterocycles. The number of carbonyl (C=O) groups is 1. The summed E-state index contributed by atoms with van der Waals surface area (Å²) in [4.78, 5) is 16.1. The Balaban J connectivity index is 0.00000242. The van der Waals surface area contributed by atoms with E-state index < -0.39 is 0 Å². The highest BCUT2D eigenvalue weighted by molar-refractivity contribution is 5.85. The van der Waals surface area contributed by atoms with Gasteiger partial charge >= 0.3 is 0 Å². The molecule has 1 aromatic carbocycles. The van der Waals surface area contributed by atoms with E-state index in [0.29, 0.717) is 11.4 Å². The molecule has 0 aliphatic carbocycles. The molecule has 6 heteroatoms. The first-order valence-corrected chi connectivity index (χ1v) is 6.72. The molecule has 5 nitrogen and oxygen atoms in total. The second kappa shape index (κ2) is 8.24. The van der Waals surface area contributed by atoms with E-state index in [-0.39, 0.29) is 30.8 Å². The zero-order valence-electron chi connectivity index (χ0n) is 12.6. The Bertz CT molecular complexity index is 600. The number of anilines is 1. The van der Waals surface area contributed by atoms with Crippen molar-refractivity contribution < 1.29 is 9.53 Å². The van der Waals surface area contributed by atoms with E-state index in [1.54, 1.807) is 25.4 Å². The summed E-state index contributed by atoms with van der Waals surface area (Å²) in [5.74, 6) is 0.721. The topological polar surface area (TPSA) is 77.2 Å². The molecule has 1 unspecified atom stereocenters.